The molecule has 0 radical (unpaired) electrons. The van der Waals surface area contributed by atoms with Crippen molar-refractivity contribution in [2.45, 2.75) is 26.2 Å². The van der Waals surface area contributed by atoms with Crippen LogP contribution in [0.5, 0.6) is 0 Å². The van der Waals surface area contributed by atoms with Gasteiger partial charge in [-0.3, -0.25) is 0 Å². The van der Waals surface area contributed by atoms with Gasteiger partial charge >= 0.3 is 0 Å². The van der Waals surface area contributed by atoms with Crippen molar-refractivity contribution in [1.82, 2.24) is 4.90 Å². The molecule has 2 nitrogen and oxygen atoms in total. The zero-order chi connectivity index (χ0) is 12.1. The quantitative estimate of drug-likeness (QED) is 0.882. The summed E-state index contributed by atoms with van der Waals surface area (Å²) >= 11 is 5.94. The first-order valence-electron chi connectivity index (χ1n) is 6.48. The summed E-state index contributed by atoms with van der Waals surface area (Å²) in [4.78, 5) is 2.54. The Hall–Kier alpha value is -0.730. The minimum Gasteiger partial charge on any atom is -0.384 e. The van der Waals surface area contributed by atoms with E-state index in [-0.39, 0.29) is 0 Å². The van der Waals surface area contributed by atoms with Gasteiger partial charge in [0.2, 0.25) is 0 Å². The van der Waals surface area contributed by atoms with Crippen molar-refractivity contribution >= 4 is 17.3 Å². The number of nitrogens with zero attached hydrogens (tertiary/aromatic N) is 1. The first-order valence-corrected chi connectivity index (χ1v) is 6.86. The first-order chi connectivity index (χ1) is 8.25. The minimum absolute atomic E-state index is 0.809. The molecule has 1 N–H and O–H groups in total. The highest BCUT2D eigenvalue weighted by molar-refractivity contribution is 6.30. The second kappa shape index (κ2) is 6.27. The van der Waals surface area contributed by atoms with Gasteiger partial charge in [0.25, 0.3) is 0 Å². The lowest BCUT2D eigenvalue weighted by Gasteiger charge is -2.26. The Kier molecular flexibility index (Phi) is 4.69. The van der Waals surface area contributed by atoms with E-state index in [0.29, 0.717) is 0 Å². The van der Waals surface area contributed by atoms with Gasteiger partial charge in [0.05, 0.1) is 0 Å². The fourth-order valence-corrected chi connectivity index (χ4v) is 2.58. The number of nitrogens with one attached hydrogen (secondary N) is 1. The van der Waals surface area contributed by atoms with Crippen LogP contribution in [0.4, 0.5) is 5.69 Å². The molecule has 3 heteroatoms. The summed E-state index contributed by atoms with van der Waals surface area (Å²) in [5.41, 5.74) is 2.42. The summed E-state index contributed by atoms with van der Waals surface area (Å²) in [6.45, 7) is 6.78. The van der Waals surface area contributed by atoms with Crippen molar-refractivity contribution in [2.24, 2.45) is 0 Å². The van der Waals surface area contributed by atoms with E-state index in [1.165, 1.54) is 43.6 Å². The third-order valence-corrected chi connectivity index (χ3v) is 3.62. The monoisotopic (exact) mass is 252 g/mol. The molecule has 0 saturated carbocycles. The maximum atomic E-state index is 5.94. The Morgan fingerprint density at radius 2 is 2.00 bits per heavy atom. The Balaban J connectivity index is 1.77. The molecule has 1 aliphatic heterocycles. The van der Waals surface area contributed by atoms with Crippen LogP contribution in [0.25, 0.3) is 0 Å². The van der Waals surface area contributed by atoms with Gasteiger partial charge in [-0.1, -0.05) is 18.0 Å². The summed E-state index contributed by atoms with van der Waals surface area (Å²) in [6, 6.07) is 6.01. The molecule has 0 spiro atoms. The summed E-state index contributed by atoms with van der Waals surface area (Å²) in [6.07, 6.45) is 4.13. The molecule has 1 aromatic rings. The van der Waals surface area contributed by atoms with Crippen LogP contribution in [0, 0.1) is 6.92 Å². The van der Waals surface area contributed by atoms with Crippen molar-refractivity contribution in [2.75, 3.05) is 31.5 Å². The van der Waals surface area contributed by atoms with Crippen molar-refractivity contribution in [1.29, 1.82) is 0 Å². The van der Waals surface area contributed by atoms with Gasteiger partial charge in [0.15, 0.2) is 0 Å². The highest BCUT2D eigenvalue weighted by Crippen LogP contribution is 2.19. The zero-order valence-corrected chi connectivity index (χ0v) is 11.3. The van der Waals surface area contributed by atoms with E-state index in [4.69, 9.17) is 11.6 Å². The van der Waals surface area contributed by atoms with Crippen LogP contribution in [0.2, 0.25) is 5.02 Å². The van der Waals surface area contributed by atoms with Gasteiger partial charge in [0.1, 0.15) is 0 Å². The number of piperidine rings is 1. The average molecular weight is 253 g/mol. The van der Waals surface area contributed by atoms with Crippen LogP contribution in [-0.2, 0) is 0 Å². The van der Waals surface area contributed by atoms with Gasteiger partial charge in [-0.2, -0.15) is 0 Å². The second-order valence-corrected chi connectivity index (χ2v) is 5.22. The molecule has 0 bridgehead atoms. The second-order valence-electron chi connectivity index (χ2n) is 4.79. The molecule has 17 heavy (non-hydrogen) atoms. The molecule has 1 saturated heterocycles. The van der Waals surface area contributed by atoms with E-state index in [1.807, 2.05) is 12.1 Å². The molecular weight excluding hydrogens is 232 g/mol. The smallest absolute Gasteiger partial charge is 0.0410 e. The summed E-state index contributed by atoms with van der Waals surface area (Å²) in [5.74, 6) is 0. The molecule has 0 aromatic heterocycles. The normalized spacial score (nSPS) is 17.1. The summed E-state index contributed by atoms with van der Waals surface area (Å²) in [7, 11) is 0. The number of benzene rings is 1. The maximum Gasteiger partial charge on any atom is 0.0410 e. The number of halogens is 1. The third kappa shape index (κ3) is 3.90. The lowest BCUT2D eigenvalue weighted by Crippen LogP contribution is -2.33. The number of anilines is 1. The number of rotatable bonds is 4. The van der Waals surface area contributed by atoms with E-state index in [0.717, 1.165) is 18.1 Å². The van der Waals surface area contributed by atoms with Gasteiger partial charge < -0.3 is 10.2 Å². The molecule has 2 rings (SSSR count). The van der Waals surface area contributed by atoms with Gasteiger partial charge in [-0.25, -0.2) is 0 Å². The van der Waals surface area contributed by atoms with Crippen LogP contribution in [0.15, 0.2) is 18.2 Å². The molecule has 1 fully saturated rings. The molecule has 0 unspecified atom stereocenters. The van der Waals surface area contributed by atoms with Crippen molar-refractivity contribution < 1.29 is 0 Å². The van der Waals surface area contributed by atoms with E-state index >= 15 is 0 Å². The molecule has 1 heterocycles. The fraction of sp³-hybridized carbons (Fsp3) is 0.571. The molecule has 94 valence electrons. The lowest BCUT2D eigenvalue weighted by atomic mass is 10.1. The SMILES string of the molecule is Cc1cc(Cl)ccc1NCCN1CCCCC1. The van der Waals surface area contributed by atoms with Gasteiger partial charge in [-0.15, -0.1) is 0 Å². The molecule has 0 aliphatic carbocycles. The topological polar surface area (TPSA) is 15.3 Å². The number of aryl methyl sites for hydroxylation is 1. The highest BCUT2D eigenvalue weighted by Gasteiger charge is 2.09. The summed E-state index contributed by atoms with van der Waals surface area (Å²) < 4.78 is 0. The highest BCUT2D eigenvalue weighted by atomic mass is 35.5. The van der Waals surface area contributed by atoms with Gasteiger partial charge in [-0.05, 0) is 56.6 Å². The van der Waals surface area contributed by atoms with Crippen molar-refractivity contribution in [3.8, 4) is 0 Å². The molecule has 0 atom stereocenters. The number of hydrogen-bond donors (Lipinski definition) is 1. The Labute approximate surface area is 109 Å². The van der Waals surface area contributed by atoms with Crippen molar-refractivity contribution in [3.63, 3.8) is 0 Å². The fourth-order valence-electron chi connectivity index (χ4n) is 2.36. The lowest BCUT2D eigenvalue weighted by molar-refractivity contribution is 0.237. The van der Waals surface area contributed by atoms with E-state index < -0.39 is 0 Å². The van der Waals surface area contributed by atoms with E-state index in [9.17, 15) is 0 Å². The zero-order valence-electron chi connectivity index (χ0n) is 10.5. The van der Waals surface area contributed by atoms with Crippen LogP contribution >= 0.6 is 11.6 Å². The van der Waals surface area contributed by atoms with Crippen LogP contribution in [0.1, 0.15) is 24.8 Å². The molecule has 1 aliphatic rings. The van der Waals surface area contributed by atoms with Crippen molar-refractivity contribution in [3.05, 3.63) is 28.8 Å². The first kappa shape index (κ1) is 12.7. The largest absolute Gasteiger partial charge is 0.384 e. The predicted octanol–water partition coefficient (Wildman–Crippen LogP) is 3.55. The van der Waals surface area contributed by atoms with E-state index in [2.05, 4.69) is 23.2 Å². The Morgan fingerprint density at radius 3 is 2.71 bits per heavy atom. The Bertz CT molecular complexity index is 359. The minimum atomic E-state index is 0.809. The average Bonchev–Trinajstić information content (AvgIpc) is 2.33. The summed E-state index contributed by atoms with van der Waals surface area (Å²) in [5, 5.41) is 4.30. The van der Waals surface area contributed by atoms with Crippen LogP contribution in [-0.4, -0.2) is 31.1 Å². The number of likely N-dealkylation sites (tertiary alicyclic amines) is 1. The van der Waals surface area contributed by atoms with Gasteiger partial charge in [0, 0.05) is 23.8 Å². The molecule has 0 amide bonds. The van der Waals surface area contributed by atoms with E-state index in [1.54, 1.807) is 0 Å². The predicted molar refractivity (Wildman–Crippen MR) is 75.0 cm³/mol. The number of hydrogen-bond acceptors (Lipinski definition) is 2. The maximum absolute atomic E-state index is 5.94. The van der Waals surface area contributed by atoms with Crippen LogP contribution < -0.4 is 5.32 Å². The third-order valence-electron chi connectivity index (χ3n) is 3.38. The standard InChI is InChI=1S/C14H21ClN2/c1-12-11-13(15)5-6-14(12)16-7-10-17-8-3-2-4-9-17/h5-6,11,16H,2-4,7-10H2,1H3. The molecule has 1 aromatic carbocycles. The van der Waals surface area contributed by atoms with Crippen LogP contribution in [0.3, 0.4) is 0 Å². The molecular formula is C14H21ClN2. The Morgan fingerprint density at radius 1 is 1.24 bits per heavy atom.